The number of carboxylic acids is 1. The summed E-state index contributed by atoms with van der Waals surface area (Å²) >= 11 is 0. The Balaban J connectivity index is 2.10. The predicted octanol–water partition coefficient (Wildman–Crippen LogP) is 2.31. The first kappa shape index (κ1) is 17.8. The van der Waals surface area contributed by atoms with Crippen molar-refractivity contribution in [2.45, 2.75) is 56.0 Å². The van der Waals surface area contributed by atoms with Gasteiger partial charge in [-0.15, -0.1) is 0 Å². The molecule has 1 saturated carbocycles. The Bertz CT molecular complexity index is 822. The summed E-state index contributed by atoms with van der Waals surface area (Å²) in [6.45, 7) is 1.38. The summed E-state index contributed by atoms with van der Waals surface area (Å²) in [5.41, 5.74) is -0.247. The van der Waals surface area contributed by atoms with Crippen LogP contribution in [-0.2, 0) is 14.8 Å². The lowest BCUT2D eigenvalue weighted by atomic mass is 9.85. The topological polar surface area (TPSA) is 118 Å². The van der Waals surface area contributed by atoms with Gasteiger partial charge in [-0.1, -0.05) is 18.9 Å². The van der Waals surface area contributed by atoms with E-state index in [4.69, 9.17) is 0 Å². The molecule has 0 bridgehead atoms. The van der Waals surface area contributed by atoms with Gasteiger partial charge in [0.15, 0.2) is 0 Å². The summed E-state index contributed by atoms with van der Waals surface area (Å²) in [6.07, 6.45) is 3.56. The Labute approximate surface area is 145 Å². The molecule has 0 aromatic heterocycles. The minimum absolute atomic E-state index is 0.0311. The number of hydrogen-bond donors (Lipinski definition) is 1. The van der Waals surface area contributed by atoms with E-state index in [1.165, 1.54) is 25.1 Å². The van der Waals surface area contributed by atoms with Crippen LogP contribution in [0.1, 0.15) is 37.7 Å². The molecular weight excluding hydrogens is 348 g/mol. The minimum Gasteiger partial charge on any atom is -0.480 e. The van der Waals surface area contributed by atoms with Gasteiger partial charge in [0, 0.05) is 17.7 Å². The zero-order chi connectivity index (χ0) is 18.4. The van der Waals surface area contributed by atoms with Crippen molar-refractivity contribution in [1.29, 1.82) is 0 Å². The molecule has 1 aromatic rings. The molecule has 25 heavy (non-hydrogen) atoms. The minimum atomic E-state index is -4.14. The number of carboxylic acid groups (broad SMARTS) is 1. The van der Waals surface area contributed by atoms with E-state index in [0.717, 1.165) is 23.6 Å². The van der Waals surface area contributed by atoms with Crippen LogP contribution in [0.4, 0.5) is 5.69 Å². The molecule has 3 rings (SSSR count). The zero-order valence-electron chi connectivity index (χ0n) is 13.8. The largest absolute Gasteiger partial charge is 0.480 e. The molecule has 3 unspecified atom stereocenters. The van der Waals surface area contributed by atoms with Gasteiger partial charge in [-0.25, -0.2) is 8.42 Å². The highest BCUT2D eigenvalue weighted by Crippen LogP contribution is 2.43. The van der Waals surface area contributed by atoms with Crippen molar-refractivity contribution in [3.8, 4) is 0 Å². The average molecular weight is 368 g/mol. The van der Waals surface area contributed by atoms with Gasteiger partial charge in [0.1, 0.15) is 6.04 Å². The first-order valence-corrected chi connectivity index (χ1v) is 9.69. The molecule has 1 aliphatic heterocycles. The van der Waals surface area contributed by atoms with Crippen LogP contribution in [-0.4, -0.2) is 40.8 Å². The normalized spacial score (nSPS) is 27.0. The molecule has 1 aliphatic carbocycles. The van der Waals surface area contributed by atoms with E-state index in [0.29, 0.717) is 12.8 Å². The SMILES string of the molecule is Cc1c([N+](=O)[O-])cccc1S(=O)(=O)N1C(C(=O)O)CC2CCCCC21. The maximum Gasteiger partial charge on any atom is 0.322 e. The molecule has 8 nitrogen and oxygen atoms in total. The van der Waals surface area contributed by atoms with Crippen LogP contribution in [0.25, 0.3) is 0 Å². The van der Waals surface area contributed by atoms with Crippen molar-refractivity contribution < 1.29 is 23.2 Å². The molecule has 9 heteroatoms. The van der Waals surface area contributed by atoms with Gasteiger partial charge in [0.25, 0.3) is 5.69 Å². The van der Waals surface area contributed by atoms with Crippen LogP contribution in [0.2, 0.25) is 0 Å². The van der Waals surface area contributed by atoms with Crippen molar-refractivity contribution >= 4 is 21.7 Å². The summed E-state index contributed by atoms with van der Waals surface area (Å²) < 4.78 is 27.6. The molecule has 136 valence electrons. The van der Waals surface area contributed by atoms with Gasteiger partial charge in [-0.05, 0) is 38.2 Å². The first-order valence-electron chi connectivity index (χ1n) is 8.25. The van der Waals surface area contributed by atoms with Gasteiger partial charge in [-0.2, -0.15) is 4.31 Å². The molecule has 2 aliphatic rings. The molecule has 0 radical (unpaired) electrons. The number of rotatable bonds is 4. The van der Waals surface area contributed by atoms with Gasteiger partial charge >= 0.3 is 5.97 Å². The summed E-state index contributed by atoms with van der Waals surface area (Å²) in [5.74, 6) is -1.13. The van der Waals surface area contributed by atoms with Crippen molar-refractivity contribution in [3.63, 3.8) is 0 Å². The second kappa shape index (κ2) is 6.38. The highest BCUT2D eigenvalue weighted by atomic mass is 32.2. The summed E-state index contributed by atoms with van der Waals surface area (Å²) in [4.78, 5) is 22.0. The molecule has 1 heterocycles. The Hall–Kier alpha value is -2.00. The second-order valence-electron chi connectivity index (χ2n) is 6.69. The lowest BCUT2D eigenvalue weighted by Crippen LogP contribution is -2.46. The van der Waals surface area contributed by atoms with Gasteiger partial charge < -0.3 is 5.11 Å². The zero-order valence-corrected chi connectivity index (χ0v) is 14.6. The lowest BCUT2D eigenvalue weighted by Gasteiger charge is -2.32. The summed E-state index contributed by atoms with van der Waals surface area (Å²) in [6, 6.07) is 2.42. The maximum atomic E-state index is 13.2. The maximum absolute atomic E-state index is 13.2. The Morgan fingerprint density at radius 3 is 2.64 bits per heavy atom. The summed E-state index contributed by atoms with van der Waals surface area (Å²) in [5, 5.41) is 20.7. The molecular formula is C16H20N2O6S. The van der Waals surface area contributed by atoms with Crippen LogP contribution in [0.5, 0.6) is 0 Å². The molecule has 3 atom stereocenters. The van der Waals surface area contributed by atoms with Gasteiger partial charge in [0.2, 0.25) is 10.0 Å². The molecule has 0 spiro atoms. The van der Waals surface area contributed by atoms with Crippen LogP contribution in [0.15, 0.2) is 23.1 Å². The Kier molecular flexibility index (Phi) is 4.54. The predicted molar refractivity (Wildman–Crippen MR) is 88.6 cm³/mol. The monoisotopic (exact) mass is 368 g/mol. The molecule has 1 N–H and O–H groups in total. The molecule has 1 saturated heterocycles. The van der Waals surface area contributed by atoms with E-state index in [2.05, 4.69) is 0 Å². The third kappa shape index (κ3) is 2.91. The smallest absolute Gasteiger partial charge is 0.322 e. The number of nitro benzene ring substituents is 1. The van der Waals surface area contributed by atoms with E-state index < -0.39 is 27.0 Å². The van der Waals surface area contributed by atoms with Crippen molar-refractivity contribution in [3.05, 3.63) is 33.9 Å². The molecule has 0 amide bonds. The average Bonchev–Trinajstić information content (AvgIpc) is 2.95. The van der Waals surface area contributed by atoms with Crippen molar-refractivity contribution in [2.24, 2.45) is 5.92 Å². The van der Waals surface area contributed by atoms with Crippen molar-refractivity contribution in [2.75, 3.05) is 0 Å². The van der Waals surface area contributed by atoms with Crippen LogP contribution < -0.4 is 0 Å². The highest BCUT2D eigenvalue weighted by molar-refractivity contribution is 7.89. The van der Waals surface area contributed by atoms with E-state index in [9.17, 15) is 28.4 Å². The number of sulfonamides is 1. The fourth-order valence-corrected chi connectivity index (χ4v) is 6.28. The Morgan fingerprint density at radius 1 is 1.32 bits per heavy atom. The van der Waals surface area contributed by atoms with Crippen molar-refractivity contribution in [1.82, 2.24) is 4.31 Å². The van der Waals surface area contributed by atoms with E-state index in [-0.39, 0.29) is 28.1 Å². The third-order valence-electron chi connectivity index (χ3n) is 5.32. The van der Waals surface area contributed by atoms with Crippen LogP contribution >= 0.6 is 0 Å². The number of nitrogens with zero attached hydrogens (tertiary/aromatic N) is 2. The molecule has 1 aromatic carbocycles. The lowest BCUT2D eigenvalue weighted by molar-refractivity contribution is -0.385. The number of nitro groups is 1. The number of aliphatic carboxylic acids is 1. The quantitative estimate of drug-likeness (QED) is 0.643. The number of fused-ring (bicyclic) bond motifs is 1. The fourth-order valence-electron chi connectivity index (χ4n) is 4.17. The second-order valence-corrected chi connectivity index (χ2v) is 8.51. The molecule has 2 fully saturated rings. The first-order chi connectivity index (χ1) is 11.7. The fraction of sp³-hybridized carbons (Fsp3) is 0.562. The summed E-state index contributed by atoms with van der Waals surface area (Å²) in [7, 11) is -4.14. The van der Waals surface area contributed by atoms with E-state index in [1.54, 1.807) is 0 Å². The van der Waals surface area contributed by atoms with E-state index in [1.807, 2.05) is 0 Å². The highest BCUT2D eigenvalue weighted by Gasteiger charge is 2.51. The standard InChI is InChI=1S/C16H20N2O6S/c1-10-12(18(21)22)7-4-8-15(10)25(23,24)17-13-6-3-2-5-11(13)9-14(17)16(19)20/h4,7-8,11,13-14H,2-3,5-6,9H2,1H3,(H,19,20). The van der Waals surface area contributed by atoms with E-state index >= 15 is 0 Å². The van der Waals surface area contributed by atoms with Crippen LogP contribution in [0.3, 0.4) is 0 Å². The number of carbonyl (C=O) groups is 1. The van der Waals surface area contributed by atoms with Gasteiger partial charge in [0.05, 0.1) is 9.82 Å². The van der Waals surface area contributed by atoms with Gasteiger partial charge in [-0.3, -0.25) is 14.9 Å². The van der Waals surface area contributed by atoms with Crippen LogP contribution in [0, 0.1) is 23.0 Å². The third-order valence-corrected chi connectivity index (χ3v) is 7.40. The Morgan fingerprint density at radius 2 is 2.00 bits per heavy atom. The number of benzene rings is 1. The number of hydrogen-bond acceptors (Lipinski definition) is 5.